The summed E-state index contributed by atoms with van der Waals surface area (Å²) in [4.78, 5) is 22.7. The Morgan fingerprint density at radius 2 is 1.63 bits per heavy atom. The van der Waals surface area contributed by atoms with E-state index in [1.807, 2.05) is 58.2 Å². The van der Waals surface area contributed by atoms with Gasteiger partial charge in [0.2, 0.25) is 0 Å². The summed E-state index contributed by atoms with van der Waals surface area (Å²) < 4.78 is 13.2. The van der Waals surface area contributed by atoms with Gasteiger partial charge in [-0.3, -0.25) is 4.79 Å². The van der Waals surface area contributed by atoms with Crippen LogP contribution in [-0.4, -0.2) is 30.0 Å². The highest BCUT2D eigenvalue weighted by Crippen LogP contribution is 2.47. The Balaban J connectivity index is 0.00000336. The summed E-state index contributed by atoms with van der Waals surface area (Å²) in [5.74, 6) is 3.42. The molecule has 200 valence electrons. The van der Waals surface area contributed by atoms with Crippen molar-refractivity contribution in [2.24, 2.45) is 0 Å². The van der Waals surface area contributed by atoms with Crippen molar-refractivity contribution >= 4 is 38.4 Å². The molecule has 2 heterocycles. The summed E-state index contributed by atoms with van der Waals surface area (Å²) in [5.41, 5.74) is 5.01. The maximum Gasteiger partial charge on any atom is 0.402 e. The number of carbonyl (C=O) groups excluding carboxylic acids is 1. The Bertz CT molecular complexity index is 1480. The molecule has 0 atom stereocenters. The number of aromatic amines is 1. The number of ketones is 1. The number of nitrogens with zero attached hydrogens (tertiary/aromatic N) is 2. The molecule has 0 radical (unpaired) electrons. The normalized spacial score (nSPS) is 15.3. The van der Waals surface area contributed by atoms with Crippen LogP contribution in [0.2, 0.25) is 0 Å². The van der Waals surface area contributed by atoms with Crippen LogP contribution in [0.1, 0.15) is 50.1 Å². The Hall–Kier alpha value is -2.68. The fourth-order valence-electron chi connectivity index (χ4n) is 5.33. The number of imidazole rings is 1. The number of carbonyl (C=O) groups is 1. The summed E-state index contributed by atoms with van der Waals surface area (Å²) in [6.45, 7) is 10.1. The van der Waals surface area contributed by atoms with E-state index in [0.29, 0.717) is 0 Å². The number of nitrogens with one attached hydrogen (secondary N) is 1. The van der Waals surface area contributed by atoms with Gasteiger partial charge in [-0.05, 0) is 70.0 Å². The number of methoxy groups -OCH3 is 2. The van der Waals surface area contributed by atoms with Crippen LogP contribution < -0.4 is 26.4 Å². The lowest BCUT2D eigenvalue weighted by Crippen LogP contribution is -3.00. The zero-order chi connectivity index (χ0) is 26.5. The molecule has 0 saturated heterocycles. The predicted molar refractivity (Wildman–Crippen MR) is 150 cm³/mol. The van der Waals surface area contributed by atoms with Crippen molar-refractivity contribution in [3.05, 3.63) is 71.0 Å². The first kappa shape index (κ1) is 28.3. The Morgan fingerprint density at radius 1 is 0.974 bits per heavy atom. The SMILES string of the molecule is COc1ccccc1SSCc1c(C)c(OC)cc[n+]1-c1nc2cc3c(cc2[nH]1)C(C)(C)C(=O)C3(C)C.[Cl-]. The zero-order valence-corrected chi connectivity index (χ0v) is 25.0. The lowest BCUT2D eigenvalue weighted by molar-refractivity contribution is -0.610. The van der Waals surface area contributed by atoms with Gasteiger partial charge < -0.3 is 21.9 Å². The molecule has 0 fully saturated rings. The van der Waals surface area contributed by atoms with Crippen LogP contribution >= 0.6 is 21.6 Å². The van der Waals surface area contributed by atoms with Gasteiger partial charge in [-0.25, -0.2) is 9.55 Å². The van der Waals surface area contributed by atoms with E-state index < -0.39 is 10.8 Å². The number of para-hydroxylation sites is 1. The van der Waals surface area contributed by atoms with Gasteiger partial charge in [-0.2, -0.15) is 0 Å². The van der Waals surface area contributed by atoms with Crippen LogP contribution in [-0.2, 0) is 21.4 Å². The van der Waals surface area contributed by atoms with E-state index in [1.165, 1.54) is 0 Å². The highest BCUT2D eigenvalue weighted by molar-refractivity contribution is 8.76. The summed E-state index contributed by atoms with van der Waals surface area (Å²) in [6.07, 6.45) is 2.00. The number of halogens is 1. The smallest absolute Gasteiger partial charge is 0.402 e. The van der Waals surface area contributed by atoms with Gasteiger partial charge in [0.15, 0.2) is 11.3 Å². The van der Waals surface area contributed by atoms with E-state index in [4.69, 9.17) is 14.5 Å². The molecule has 1 aliphatic carbocycles. The van der Waals surface area contributed by atoms with Crippen molar-refractivity contribution in [1.29, 1.82) is 0 Å². The molecule has 6 nitrogen and oxygen atoms in total. The third-order valence-corrected chi connectivity index (χ3v) is 9.69. The number of H-pyrrole nitrogens is 1. The van der Waals surface area contributed by atoms with Crippen LogP contribution in [0.5, 0.6) is 11.5 Å². The molecule has 0 bridgehead atoms. The molecule has 1 N–H and O–H groups in total. The van der Waals surface area contributed by atoms with Crippen LogP contribution in [0.25, 0.3) is 17.0 Å². The minimum atomic E-state index is -0.534. The Kier molecular flexibility index (Phi) is 7.81. The molecule has 38 heavy (non-hydrogen) atoms. The lowest BCUT2D eigenvalue weighted by Gasteiger charge is -2.21. The highest BCUT2D eigenvalue weighted by Gasteiger charge is 2.50. The molecule has 4 aromatic rings. The topological polar surface area (TPSA) is 68.1 Å². The van der Waals surface area contributed by atoms with Gasteiger partial charge in [-0.15, -0.1) is 0 Å². The number of fused-ring (bicyclic) bond motifs is 2. The number of aromatic nitrogens is 3. The maximum atomic E-state index is 13.1. The molecule has 9 heteroatoms. The molecule has 0 saturated carbocycles. The van der Waals surface area contributed by atoms with Crippen LogP contribution in [0, 0.1) is 6.92 Å². The van der Waals surface area contributed by atoms with Gasteiger partial charge in [0.1, 0.15) is 22.7 Å². The quantitative estimate of drug-likeness (QED) is 0.272. The predicted octanol–water partition coefficient (Wildman–Crippen LogP) is 3.25. The third kappa shape index (κ3) is 4.56. The van der Waals surface area contributed by atoms with E-state index in [-0.39, 0.29) is 18.2 Å². The molecular weight excluding hydrogens is 538 g/mol. The molecular formula is C29H32ClN3O3S2. The number of ether oxygens (including phenoxy) is 2. The van der Waals surface area contributed by atoms with Gasteiger partial charge in [0.25, 0.3) is 0 Å². The monoisotopic (exact) mass is 569 g/mol. The lowest BCUT2D eigenvalue weighted by atomic mass is 9.80. The van der Waals surface area contributed by atoms with E-state index in [9.17, 15) is 4.79 Å². The second kappa shape index (κ2) is 10.5. The van der Waals surface area contributed by atoms with Crippen LogP contribution in [0.3, 0.4) is 0 Å². The van der Waals surface area contributed by atoms with E-state index in [1.54, 1.807) is 35.8 Å². The first-order chi connectivity index (χ1) is 17.6. The van der Waals surface area contributed by atoms with Gasteiger partial charge in [-0.1, -0.05) is 38.7 Å². The fraction of sp³-hybridized carbons (Fsp3) is 0.345. The minimum Gasteiger partial charge on any atom is -1.00 e. The summed E-state index contributed by atoms with van der Waals surface area (Å²) in [5, 5.41) is 0. The van der Waals surface area contributed by atoms with Gasteiger partial charge >= 0.3 is 5.95 Å². The van der Waals surface area contributed by atoms with E-state index in [0.717, 1.165) is 61.5 Å². The Labute approximate surface area is 237 Å². The second-order valence-electron chi connectivity index (χ2n) is 10.4. The summed E-state index contributed by atoms with van der Waals surface area (Å²) in [7, 11) is 6.81. The first-order valence-electron chi connectivity index (χ1n) is 12.2. The van der Waals surface area contributed by atoms with Crippen molar-refractivity contribution in [2.75, 3.05) is 14.2 Å². The van der Waals surface area contributed by atoms with Gasteiger partial charge in [0.05, 0.1) is 31.1 Å². The molecule has 1 aliphatic rings. The average Bonchev–Trinajstić information content (AvgIpc) is 3.36. The van der Waals surface area contributed by atoms with Gasteiger partial charge in [0, 0.05) is 22.5 Å². The molecule has 0 spiro atoms. The fourth-order valence-corrected chi connectivity index (χ4v) is 7.66. The van der Waals surface area contributed by atoms with Crippen molar-refractivity contribution in [3.8, 4) is 17.4 Å². The number of pyridine rings is 1. The largest absolute Gasteiger partial charge is 1.00 e. The molecule has 0 unspecified atom stereocenters. The van der Waals surface area contributed by atoms with Crippen molar-refractivity contribution < 1.29 is 31.2 Å². The third-order valence-electron chi connectivity index (χ3n) is 7.42. The average molecular weight is 570 g/mol. The molecule has 2 aromatic heterocycles. The summed E-state index contributed by atoms with van der Waals surface area (Å²) in [6, 6.07) is 14.2. The molecule has 5 rings (SSSR count). The number of rotatable bonds is 7. The van der Waals surface area contributed by atoms with Crippen molar-refractivity contribution in [3.63, 3.8) is 0 Å². The van der Waals surface area contributed by atoms with Crippen LogP contribution in [0.15, 0.2) is 53.6 Å². The summed E-state index contributed by atoms with van der Waals surface area (Å²) >= 11 is 0. The molecule has 0 amide bonds. The van der Waals surface area contributed by atoms with Crippen LogP contribution in [0.4, 0.5) is 0 Å². The standard InChI is InChI=1S/C29H32N3O3S2.ClH/c1-17-22(16-36-37-25-11-9-8-10-24(25)35-7)32(13-12-23(17)34-6)27-30-20-14-18-19(15-21(20)31-27)29(4,5)26(33)28(18,2)3;/h8-15H,16H2,1-7H3,(H,30,31);1H/q+1;/p-1. The molecule has 0 aliphatic heterocycles. The second-order valence-corrected chi connectivity index (χ2v) is 12.7. The molecule has 2 aromatic carbocycles. The van der Waals surface area contributed by atoms with Crippen molar-refractivity contribution in [2.45, 2.75) is 56.1 Å². The van der Waals surface area contributed by atoms with Crippen molar-refractivity contribution in [1.82, 2.24) is 9.97 Å². The first-order valence-corrected chi connectivity index (χ1v) is 14.5. The number of Topliss-reactive ketones (excluding diaryl/α,β-unsaturated/α-hetero) is 1. The van der Waals surface area contributed by atoms with E-state index in [2.05, 4.69) is 34.7 Å². The minimum absolute atomic E-state index is 0. The highest BCUT2D eigenvalue weighted by atomic mass is 35.5. The maximum absolute atomic E-state index is 13.1. The number of benzene rings is 2. The Morgan fingerprint density at radius 3 is 2.32 bits per heavy atom. The zero-order valence-electron chi connectivity index (χ0n) is 22.6. The van der Waals surface area contributed by atoms with E-state index >= 15 is 0 Å². The number of hydrogen-bond donors (Lipinski definition) is 1. The number of hydrogen-bond acceptors (Lipinski definition) is 6.